The second kappa shape index (κ2) is 25.7. The van der Waals surface area contributed by atoms with Gasteiger partial charge in [-0.3, -0.25) is 9.59 Å². The van der Waals surface area contributed by atoms with Crippen molar-refractivity contribution < 1.29 is 29.3 Å². The third-order valence-electron chi connectivity index (χ3n) is 20.5. The molecule has 12 aliphatic rings. The molecule has 0 radical (unpaired) electrons. The number of carbonyl (C=O) groups is 2. The van der Waals surface area contributed by atoms with Crippen LogP contribution in [0.5, 0.6) is 0 Å². The highest BCUT2D eigenvalue weighted by molar-refractivity contribution is 6.22. The minimum absolute atomic E-state index is 0.0298. The lowest BCUT2D eigenvalue weighted by molar-refractivity contribution is -0.145. The molecule has 0 aromatic carbocycles. The second-order valence-electron chi connectivity index (χ2n) is 25.9. The maximum absolute atomic E-state index is 13.5. The van der Waals surface area contributed by atoms with Crippen molar-refractivity contribution in [2.24, 2.45) is 53.6 Å². The molecule has 16 heteroatoms. The van der Waals surface area contributed by atoms with Gasteiger partial charge in [0.2, 0.25) is 0 Å². The number of rotatable bonds is 21. The Labute approximate surface area is 530 Å². The molecule has 12 rings (SSSR count). The van der Waals surface area contributed by atoms with Crippen LogP contribution in [0.15, 0.2) is 213 Å². The van der Waals surface area contributed by atoms with Crippen LogP contribution in [-0.4, -0.2) is 96.8 Å². The van der Waals surface area contributed by atoms with Gasteiger partial charge in [-0.2, -0.15) is 0 Å². The maximum atomic E-state index is 13.5. The predicted molar refractivity (Wildman–Crippen MR) is 360 cm³/mol. The molecule has 16 bridgehead atoms. The molecule has 2 aliphatic carbocycles. The van der Waals surface area contributed by atoms with Crippen molar-refractivity contribution in [1.82, 2.24) is 21.3 Å². The van der Waals surface area contributed by atoms with Gasteiger partial charge in [0.1, 0.15) is 11.5 Å². The van der Waals surface area contributed by atoms with Crippen LogP contribution in [0, 0.1) is 23.7 Å². The molecule has 16 nitrogen and oxygen atoms in total. The van der Waals surface area contributed by atoms with Gasteiger partial charge in [0, 0.05) is 108 Å². The first-order valence-electron chi connectivity index (χ1n) is 32.9. The predicted octanol–water partition coefficient (Wildman–Crippen LogP) is 13.8. The highest BCUT2D eigenvalue weighted by atomic mass is 16.5. The first-order chi connectivity index (χ1) is 43.4. The molecule has 10 aliphatic heterocycles. The molecular formula is C74H88N10O6. The third-order valence-corrected chi connectivity index (χ3v) is 20.5. The fraction of sp³-hybridized carbons (Fsp3) is 0.459. The number of carbonyl (C=O) groups excluding carboxylic acids is 2. The van der Waals surface area contributed by atoms with Crippen LogP contribution < -0.4 is 21.3 Å². The van der Waals surface area contributed by atoms with E-state index in [-0.39, 0.29) is 48.5 Å². The van der Waals surface area contributed by atoms with Gasteiger partial charge >= 0.3 is 11.9 Å². The number of nitrogens with one attached hydrogen (secondary N) is 4. The van der Waals surface area contributed by atoms with Crippen LogP contribution in [0.1, 0.15) is 159 Å². The van der Waals surface area contributed by atoms with E-state index in [0.717, 1.165) is 209 Å². The molecule has 6 N–H and O–H groups in total. The van der Waals surface area contributed by atoms with E-state index >= 15 is 0 Å². The molecular weight excluding hydrogens is 1120 g/mol. The standard InChI is InChI=1S/C74H88N10O6/c1-13-45-37(3)55-31-63-51(35-75-11)41(7)53(79-63)29-57-39(5)47(71(81-57)49-27-65(85)69-43(9)59(83-73(49)69)33-61(45)77-55)21-23-67(87)89-25-19-17-15-16-18-20-26-90-68(88)24-22-48-40(6)58-30-54-42(8)52(36-76-12)64(80-54)32-56-38(4)46(14-2)62(78-56)34-60-44(10)70-66(86)28-50(72(48)82-58)74(70)84-60/h29-34,39-40,47-48,75-76,81-82,85-86H,13-28,35-36H2,1-12H3/t39-,40-,47-,48-/m0/s1. The summed E-state index contributed by atoms with van der Waals surface area (Å²) >= 11 is 0. The molecule has 0 amide bonds. The molecule has 0 aromatic rings. The first-order valence-corrected chi connectivity index (χ1v) is 32.9. The van der Waals surface area contributed by atoms with Gasteiger partial charge in [0.25, 0.3) is 0 Å². The monoisotopic (exact) mass is 1210 g/mol. The molecule has 2 fully saturated rings. The molecule has 2 saturated heterocycles. The number of hydrogen-bond acceptors (Lipinski definition) is 16. The van der Waals surface area contributed by atoms with Gasteiger partial charge in [-0.15, -0.1) is 0 Å². The number of aliphatic hydroxyl groups excluding tert-OH is 2. The summed E-state index contributed by atoms with van der Waals surface area (Å²) in [4.78, 5) is 58.2. The number of esters is 2. The highest BCUT2D eigenvalue weighted by Crippen LogP contribution is 2.49. The summed E-state index contributed by atoms with van der Waals surface area (Å²) in [6, 6.07) is 0. The fourth-order valence-electron chi connectivity index (χ4n) is 15.1. The van der Waals surface area contributed by atoms with Gasteiger partial charge < -0.3 is 41.0 Å². The fourth-order valence-corrected chi connectivity index (χ4v) is 15.1. The Morgan fingerprint density at radius 3 is 1.23 bits per heavy atom. The number of aliphatic hydroxyl groups is 2. The summed E-state index contributed by atoms with van der Waals surface area (Å²) in [5.41, 5.74) is 28.9. The number of nitrogens with zero attached hydrogens (tertiary/aromatic N) is 6. The summed E-state index contributed by atoms with van der Waals surface area (Å²) in [5.74, 6) is 0.182. The number of hydrogen-bond donors (Lipinski definition) is 6. The zero-order chi connectivity index (χ0) is 63.4. The smallest absolute Gasteiger partial charge is 0.305 e. The van der Waals surface area contributed by atoms with Crippen LogP contribution >= 0.6 is 0 Å². The number of ether oxygens (including phenoxy) is 2. The second-order valence-corrected chi connectivity index (χ2v) is 25.9. The lowest BCUT2D eigenvalue weighted by Gasteiger charge is -2.17. The van der Waals surface area contributed by atoms with Gasteiger partial charge in [0.05, 0.1) is 81.7 Å². The van der Waals surface area contributed by atoms with Crippen LogP contribution in [0.3, 0.4) is 0 Å². The molecule has 0 unspecified atom stereocenters. The minimum atomic E-state index is -0.211. The molecule has 10 heterocycles. The molecule has 90 heavy (non-hydrogen) atoms. The Balaban J connectivity index is 0.634. The van der Waals surface area contributed by atoms with Crippen molar-refractivity contribution in [2.75, 3.05) is 40.4 Å². The van der Waals surface area contributed by atoms with Crippen LogP contribution in [-0.2, 0) is 19.1 Å². The van der Waals surface area contributed by atoms with E-state index in [1.54, 1.807) is 0 Å². The van der Waals surface area contributed by atoms with Crippen LogP contribution in [0.2, 0.25) is 0 Å². The largest absolute Gasteiger partial charge is 0.511 e. The van der Waals surface area contributed by atoms with E-state index in [2.05, 4.69) is 113 Å². The molecule has 0 saturated carbocycles. The lowest BCUT2D eigenvalue weighted by Crippen LogP contribution is -2.16. The van der Waals surface area contributed by atoms with E-state index in [1.165, 1.54) is 11.1 Å². The lowest BCUT2D eigenvalue weighted by atomic mass is 9.86. The molecule has 470 valence electrons. The van der Waals surface area contributed by atoms with Crippen LogP contribution in [0.4, 0.5) is 0 Å². The van der Waals surface area contributed by atoms with Crippen molar-refractivity contribution in [2.45, 2.75) is 159 Å². The van der Waals surface area contributed by atoms with Crippen molar-refractivity contribution in [3.05, 3.63) is 183 Å². The Hall–Kier alpha value is -8.08. The molecule has 0 spiro atoms. The topological polar surface area (TPSA) is 215 Å². The Bertz CT molecular complexity index is 3720. The zero-order valence-electron chi connectivity index (χ0n) is 54.7. The highest BCUT2D eigenvalue weighted by Gasteiger charge is 2.44. The summed E-state index contributed by atoms with van der Waals surface area (Å²) < 4.78 is 11.7. The summed E-state index contributed by atoms with van der Waals surface area (Å²) in [7, 11) is 3.91. The normalized spacial score (nSPS) is 24.1. The van der Waals surface area contributed by atoms with Crippen molar-refractivity contribution in [3.63, 3.8) is 0 Å². The number of fused-ring (bicyclic) bond motifs is 10. The molecule has 0 aromatic heterocycles. The first kappa shape index (κ1) is 62.1. The number of unbranched alkanes of at least 4 members (excludes halogenated alkanes) is 5. The van der Waals surface area contributed by atoms with E-state index in [4.69, 9.17) is 39.4 Å². The van der Waals surface area contributed by atoms with E-state index in [1.807, 2.05) is 27.9 Å². The van der Waals surface area contributed by atoms with E-state index < -0.39 is 0 Å². The minimum Gasteiger partial charge on any atom is -0.511 e. The van der Waals surface area contributed by atoms with Crippen LogP contribution in [0.25, 0.3) is 0 Å². The van der Waals surface area contributed by atoms with Gasteiger partial charge in [0.15, 0.2) is 0 Å². The van der Waals surface area contributed by atoms with Gasteiger partial charge in [-0.05, 0) is 186 Å². The van der Waals surface area contributed by atoms with Gasteiger partial charge in [-0.1, -0.05) is 53.4 Å². The van der Waals surface area contributed by atoms with Gasteiger partial charge in [-0.25, -0.2) is 30.0 Å². The quantitative estimate of drug-likeness (QED) is 0.0472. The van der Waals surface area contributed by atoms with Crippen molar-refractivity contribution in [1.29, 1.82) is 0 Å². The Morgan fingerprint density at radius 1 is 0.500 bits per heavy atom. The molecule has 4 atom stereocenters. The van der Waals surface area contributed by atoms with E-state index in [0.29, 0.717) is 63.5 Å². The number of likely N-dealkylation sites (N-methyl/N-ethyl adjacent to an activating group) is 2. The maximum Gasteiger partial charge on any atom is 0.305 e. The average molecular weight is 1210 g/mol. The average Bonchev–Trinajstić information content (AvgIpc) is 1.68. The van der Waals surface area contributed by atoms with Crippen molar-refractivity contribution in [3.8, 4) is 0 Å². The SMILES string of the molecule is CCC1=C(C)C2=NC1=CC1=C(C)C3=C(O)CC(=C4NC(=CC5=NC(=C2)C(CNC)=C5C)[C@@H](C)[C@@H]4CCC(=O)OCCCCCCCCOC(=O)CC[C@@H]2C4=C5CC(O)=C6C5=NC(=C6C)C=C5N=C(C=C6N=C(C=C(N4)[C@H]2C)C(C)=C6CNC)C(C)=C5CC)C3=N1. The summed E-state index contributed by atoms with van der Waals surface area (Å²) in [6.45, 7) is 23.4. The summed E-state index contributed by atoms with van der Waals surface area (Å²) in [5, 5.41) is 37.5. The third kappa shape index (κ3) is 11.4. The Kier molecular flexibility index (Phi) is 17.7. The van der Waals surface area contributed by atoms with E-state index in [9.17, 15) is 19.8 Å². The Morgan fingerprint density at radius 2 is 0.856 bits per heavy atom. The number of aliphatic imine (C=N–C) groups is 6. The van der Waals surface area contributed by atoms with Crippen molar-refractivity contribution >= 4 is 46.2 Å². The zero-order valence-corrected chi connectivity index (χ0v) is 54.7. The summed E-state index contributed by atoms with van der Waals surface area (Å²) in [6.07, 6.45) is 22.2. The number of allylic oxidation sites excluding steroid dienone is 22.